The van der Waals surface area contributed by atoms with Crippen LogP contribution in [0.5, 0.6) is 0 Å². The monoisotopic (exact) mass is 582 g/mol. The second kappa shape index (κ2) is 11.2. The Labute approximate surface area is 242 Å². The van der Waals surface area contributed by atoms with E-state index >= 15 is 0 Å². The van der Waals surface area contributed by atoms with Gasteiger partial charge < -0.3 is 49.6 Å². The molecule has 5 rings (SSSR count). The van der Waals surface area contributed by atoms with Gasteiger partial charge in [-0.2, -0.15) is 0 Å². The fourth-order valence-corrected chi connectivity index (χ4v) is 8.71. The third-order valence-electron chi connectivity index (χ3n) is 11.4. The van der Waals surface area contributed by atoms with Crippen LogP contribution in [0.3, 0.4) is 0 Å². The molecule has 0 radical (unpaired) electrons. The summed E-state index contributed by atoms with van der Waals surface area (Å²) in [7, 11) is 0. The SMILES string of the molecule is C=C[C@]1(C)C=C2CC[C@H]3C(C)(C)[C@@H](O[C@@H]4O[C@@H](CO)[C@H](O)[C@H]4O)CC[C@]3(C)[C@H]2C[C@@H]1O[C@@H]1O[C@H](C)[C@H](O)[C@H](O)[C@H]1O. The van der Waals surface area contributed by atoms with Crippen LogP contribution in [0.15, 0.2) is 24.3 Å². The van der Waals surface area contributed by atoms with Crippen LogP contribution in [0.4, 0.5) is 0 Å². The van der Waals surface area contributed by atoms with Gasteiger partial charge in [0.1, 0.15) is 36.6 Å². The van der Waals surface area contributed by atoms with Crippen molar-refractivity contribution in [1.29, 1.82) is 0 Å². The van der Waals surface area contributed by atoms with E-state index in [0.29, 0.717) is 6.42 Å². The van der Waals surface area contributed by atoms with E-state index in [1.807, 2.05) is 6.08 Å². The average Bonchev–Trinajstić information content (AvgIpc) is 3.20. The molecule has 0 aromatic rings. The molecule has 234 valence electrons. The average molecular weight is 583 g/mol. The molecule has 0 aromatic heterocycles. The van der Waals surface area contributed by atoms with Gasteiger partial charge in [0.05, 0.1) is 24.9 Å². The molecule has 2 heterocycles. The minimum Gasteiger partial charge on any atom is -0.394 e. The third-order valence-corrected chi connectivity index (χ3v) is 11.4. The summed E-state index contributed by atoms with van der Waals surface area (Å²) in [5.74, 6) is 0.498. The van der Waals surface area contributed by atoms with Gasteiger partial charge in [0.25, 0.3) is 0 Å². The van der Waals surface area contributed by atoms with Gasteiger partial charge in [-0.05, 0) is 61.7 Å². The molecular formula is C31H50O10. The number of rotatable bonds is 6. The number of hydrogen-bond acceptors (Lipinski definition) is 10. The Balaban J connectivity index is 1.36. The van der Waals surface area contributed by atoms with Crippen LogP contribution in [-0.2, 0) is 18.9 Å². The summed E-state index contributed by atoms with van der Waals surface area (Å²) >= 11 is 0. The maximum Gasteiger partial charge on any atom is 0.186 e. The van der Waals surface area contributed by atoms with E-state index in [1.165, 1.54) is 5.57 Å². The van der Waals surface area contributed by atoms with Crippen molar-refractivity contribution in [2.75, 3.05) is 6.61 Å². The highest BCUT2D eigenvalue weighted by Gasteiger charge is 2.60. The molecule has 2 saturated heterocycles. The maximum atomic E-state index is 10.7. The molecule has 5 aliphatic rings. The van der Waals surface area contributed by atoms with Crippen LogP contribution in [0.2, 0.25) is 0 Å². The van der Waals surface area contributed by atoms with Crippen molar-refractivity contribution in [3.8, 4) is 0 Å². The van der Waals surface area contributed by atoms with Crippen LogP contribution in [-0.4, -0.2) is 105 Å². The molecule has 4 fully saturated rings. The minimum atomic E-state index is -1.38. The summed E-state index contributed by atoms with van der Waals surface area (Å²) in [5, 5.41) is 61.4. The summed E-state index contributed by atoms with van der Waals surface area (Å²) in [5.41, 5.74) is 0.545. The standard InChI is InChI=1S/C31H50O10/c1-7-30(5)13-16-8-9-19-29(3,4)20(40-28-25(36)23(34)18(14-32)39-28)10-11-31(19,6)17(16)12-21(30)41-27-26(37)24(35)22(33)15(2)38-27/h7,13,15,17-28,32-37H,1,8-12,14H2,2-6H3/t15-,17+,18+,19+,20+,21+,22+,23+,24+,25-,26-,27+,28+,30-,31-/m1/s1. The van der Waals surface area contributed by atoms with E-state index in [9.17, 15) is 30.6 Å². The lowest BCUT2D eigenvalue weighted by Gasteiger charge is -2.62. The van der Waals surface area contributed by atoms with E-state index in [1.54, 1.807) is 6.92 Å². The molecule has 2 aliphatic heterocycles. The second-order valence-electron chi connectivity index (χ2n) is 14.2. The van der Waals surface area contributed by atoms with Gasteiger partial charge in [-0.15, -0.1) is 6.58 Å². The van der Waals surface area contributed by atoms with Gasteiger partial charge >= 0.3 is 0 Å². The summed E-state index contributed by atoms with van der Waals surface area (Å²) in [4.78, 5) is 0. The molecular weight excluding hydrogens is 532 g/mol. The quantitative estimate of drug-likeness (QED) is 0.253. The van der Waals surface area contributed by atoms with Gasteiger partial charge in [-0.1, -0.05) is 45.4 Å². The number of allylic oxidation sites excluding steroid dienone is 1. The van der Waals surface area contributed by atoms with Crippen LogP contribution in [0, 0.1) is 28.1 Å². The van der Waals surface area contributed by atoms with Crippen molar-refractivity contribution in [2.45, 2.75) is 134 Å². The molecule has 2 saturated carbocycles. The van der Waals surface area contributed by atoms with Crippen LogP contribution >= 0.6 is 0 Å². The highest BCUT2D eigenvalue weighted by Crippen LogP contribution is 2.64. The van der Waals surface area contributed by atoms with E-state index in [4.69, 9.17) is 18.9 Å². The largest absolute Gasteiger partial charge is 0.394 e. The predicted octanol–water partition coefficient (Wildman–Crippen LogP) is 1.40. The molecule has 0 bridgehead atoms. The van der Waals surface area contributed by atoms with Crippen LogP contribution < -0.4 is 0 Å². The zero-order valence-electron chi connectivity index (χ0n) is 24.9. The molecule has 0 unspecified atom stereocenters. The number of hydrogen-bond donors (Lipinski definition) is 6. The molecule has 3 aliphatic carbocycles. The number of aliphatic hydroxyl groups is 6. The van der Waals surface area contributed by atoms with Crippen LogP contribution in [0.1, 0.15) is 66.7 Å². The first-order chi connectivity index (χ1) is 19.2. The topological polar surface area (TPSA) is 158 Å². The van der Waals surface area contributed by atoms with Crippen molar-refractivity contribution in [2.24, 2.45) is 28.1 Å². The molecule has 10 heteroatoms. The van der Waals surface area contributed by atoms with E-state index in [-0.39, 0.29) is 34.9 Å². The van der Waals surface area contributed by atoms with Crippen molar-refractivity contribution in [3.63, 3.8) is 0 Å². The van der Waals surface area contributed by atoms with Gasteiger partial charge in [-0.25, -0.2) is 0 Å². The first-order valence-electron chi connectivity index (χ1n) is 15.2. The van der Waals surface area contributed by atoms with Gasteiger partial charge in [0.15, 0.2) is 12.6 Å². The maximum absolute atomic E-state index is 10.7. The van der Waals surface area contributed by atoms with Crippen molar-refractivity contribution in [3.05, 3.63) is 24.3 Å². The fraction of sp³-hybridized carbons (Fsp3) is 0.871. The Morgan fingerprint density at radius 2 is 1.54 bits per heavy atom. The van der Waals surface area contributed by atoms with Gasteiger partial charge in [-0.3, -0.25) is 0 Å². The summed E-state index contributed by atoms with van der Waals surface area (Å²) in [6.07, 6.45) is -2.16. The number of fused-ring (bicyclic) bond motifs is 3. The van der Waals surface area contributed by atoms with Crippen molar-refractivity contribution >= 4 is 0 Å². The smallest absolute Gasteiger partial charge is 0.186 e. The zero-order valence-corrected chi connectivity index (χ0v) is 24.9. The lowest BCUT2D eigenvalue weighted by molar-refractivity contribution is -0.312. The van der Waals surface area contributed by atoms with E-state index in [0.717, 1.165) is 25.7 Å². The lowest BCUT2D eigenvalue weighted by Crippen LogP contribution is -2.60. The number of ether oxygens (including phenoxy) is 4. The normalized spacial score (nSPS) is 53.2. The summed E-state index contributed by atoms with van der Waals surface area (Å²) in [6, 6.07) is 0. The molecule has 41 heavy (non-hydrogen) atoms. The highest BCUT2D eigenvalue weighted by molar-refractivity contribution is 5.29. The number of aliphatic hydroxyl groups excluding tert-OH is 6. The Kier molecular flexibility index (Phi) is 8.62. The molecule has 0 spiro atoms. The Morgan fingerprint density at radius 3 is 2.17 bits per heavy atom. The highest BCUT2D eigenvalue weighted by atomic mass is 16.7. The second-order valence-corrected chi connectivity index (χ2v) is 14.2. The minimum absolute atomic E-state index is 0.0745. The Bertz CT molecular complexity index is 1000. The zero-order chi connectivity index (χ0) is 30.1. The first kappa shape index (κ1) is 31.5. The van der Waals surface area contributed by atoms with Crippen molar-refractivity contribution in [1.82, 2.24) is 0 Å². The van der Waals surface area contributed by atoms with E-state index in [2.05, 4.69) is 40.3 Å². The fourth-order valence-electron chi connectivity index (χ4n) is 8.71. The third kappa shape index (κ3) is 5.16. The molecule has 10 nitrogen and oxygen atoms in total. The lowest BCUT2D eigenvalue weighted by atomic mass is 9.44. The summed E-state index contributed by atoms with van der Waals surface area (Å²) < 4.78 is 24.3. The molecule has 6 N–H and O–H groups in total. The summed E-state index contributed by atoms with van der Waals surface area (Å²) in [6.45, 7) is 14.2. The van der Waals surface area contributed by atoms with E-state index < -0.39 is 67.3 Å². The first-order valence-corrected chi connectivity index (χ1v) is 15.2. The van der Waals surface area contributed by atoms with Gasteiger partial charge in [0.2, 0.25) is 0 Å². The molecule has 15 atom stereocenters. The predicted molar refractivity (Wildman–Crippen MR) is 148 cm³/mol. The Morgan fingerprint density at radius 1 is 0.902 bits per heavy atom. The van der Waals surface area contributed by atoms with Crippen LogP contribution in [0.25, 0.3) is 0 Å². The van der Waals surface area contributed by atoms with Crippen molar-refractivity contribution < 1.29 is 49.6 Å². The molecule has 0 amide bonds. The molecule has 0 aromatic carbocycles. The van der Waals surface area contributed by atoms with Gasteiger partial charge in [0, 0.05) is 5.41 Å². The Hall–Kier alpha value is -0.920.